The molecule has 1 atom stereocenters. The monoisotopic (exact) mass is 217 g/mol. The Morgan fingerprint density at radius 1 is 1.44 bits per heavy atom. The van der Waals surface area contributed by atoms with Gasteiger partial charge in [0.05, 0.1) is 18.7 Å². The molecule has 0 aliphatic carbocycles. The average molecular weight is 217 g/mol. The van der Waals surface area contributed by atoms with Crippen LogP contribution in [0.1, 0.15) is 12.5 Å². The fraction of sp³-hybridized carbons (Fsp3) is 0.333. The van der Waals surface area contributed by atoms with Crippen LogP contribution >= 0.6 is 0 Å². The second-order valence-electron chi connectivity index (χ2n) is 3.49. The van der Waals surface area contributed by atoms with E-state index >= 15 is 0 Å². The third kappa shape index (κ3) is 4.58. The summed E-state index contributed by atoms with van der Waals surface area (Å²) in [5, 5.41) is 14.1. The number of amides is 1. The molecule has 0 aliphatic heterocycles. The van der Waals surface area contributed by atoms with Crippen molar-refractivity contribution in [3.05, 3.63) is 35.9 Å². The van der Waals surface area contributed by atoms with E-state index in [1.165, 1.54) is 0 Å². The van der Waals surface area contributed by atoms with Gasteiger partial charge in [-0.25, -0.2) is 0 Å². The highest BCUT2D eigenvalue weighted by atomic mass is 16.1. The summed E-state index contributed by atoms with van der Waals surface area (Å²) in [6.07, 6.45) is 0. The maximum absolute atomic E-state index is 11.4. The molecule has 1 rings (SSSR count). The second kappa shape index (κ2) is 6.59. The molecule has 0 fully saturated rings. The number of benzene rings is 1. The molecule has 1 unspecified atom stereocenters. The summed E-state index contributed by atoms with van der Waals surface area (Å²) in [6, 6.07) is 11.4. The molecule has 1 amide bonds. The zero-order chi connectivity index (χ0) is 11.8. The molecule has 4 heteroatoms. The van der Waals surface area contributed by atoms with Crippen LogP contribution in [0.3, 0.4) is 0 Å². The largest absolute Gasteiger partial charge is 0.351 e. The Morgan fingerprint density at radius 3 is 2.75 bits per heavy atom. The summed E-state index contributed by atoms with van der Waals surface area (Å²) < 4.78 is 0. The number of hydrogen-bond donors (Lipinski definition) is 2. The van der Waals surface area contributed by atoms with Gasteiger partial charge in [0.2, 0.25) is 5.91 Å². The Balaban J connectivity index is 2.24. The van der Waals surface area contributed by atoms with Crippen molar-refractivity contribution in [1.29, 1.82) is 5.26 Å². The van der Waals surface area contributed by atoms with Gasteiger partial charge in [-0.3, -0.25) is 10.1 Å². The van der Waals surface area contributed by atoms with Crippen LogP contribution in [0, 0.1) is 11.3 Å². The van der Waals surface area contributed by atoms with Crippen molar-refractivity contribution in [2.24, 2.45) is 0 Å². The molecular formula is C12H15N3O. The van der Waals surface area contributed by atoms with E-state index in [1.807, 2.05) is 36.4 Å². The molecule has 84 valence electrons. The van der Waals surface area contributed by atoms with E-state index in [4.69, 9.17) is 5.26 Å². The van der Waals surface area contributed by atoms with Crippen LogP contribution in [-0.2, 0) is 11.3 Å². The van der Waals surface area contributed by atoms with E-state index < -0.39 is 0 Å². The van der Waals surface area contributed by atoms with Crippen LogP contribution in [0.4, 0.5) is 0 Å². The molecule has 0 spiro atoms. The number of carbonyl (C=O) groups is 1. The molecule has 4 nitrogen and oxygen atoms in total. The molecule has 0 saturated carbocycles. The van der Waals surface area contributed by atoms with E-state index in [9.17, 15) is 4.79 Å². The van der Waals surface area contributed by atoms with E-state index in [1.54, 1.807) is 6.92 Å². The average Bonchev–Trinajstić information content (AvgIpc) is 2.34. The summed E-state index contributed by atoms with van der Waals surface area (Å²) >= 11 is 0. The fourth-order valence-electron chi connectivity index (χ4n) is 1.15. The van der Waals surface area contributed by atoms with Gasteiger partial charge in [-0.1, -0.05) is 30.3 Å². The molecule has 1 aromatic carbocycles. The van der Waals surface area contributed by atoms with E-state index in [-0.39, 0.29) is 18.5 Å². The number of hydrogen-bond acceptors (Lipinski definition) is 3. The third-order valence-corrected chi connectivity index (χ3v) is 2.09. The summed E-state index contributed by atoms with van der Waals surface area (Å²) in [5.41, 5.74) is 1.06. The van der Waals surface area contributed by atoms with Gasteiger partial charge in [-0.05, 0) is 12.5 Å². The van der Waals surface area contributed by atoms with Crippen LogP contribution in [0.5, 0.6) is 0 Å². The lowest BCUT2D eigenvalue weighted by Gasteiger charge is -2.07. The highest BCUT2D eigenvalue weighted by molar-refractivity contribution is 5.78. The van der Waals surface area contributed by atoms with E-state index in [2.05, 4.69) is 10.6 Å². The Morgan fingerprint density at radius 2 is 2.12 bits per heavy atom. The van der Waals surface area contributed by atoms with Crippen molar-refractivity contribution < 1.29 is 4.79 Å². The molecule has 0 bridgehead atoms. The normalized spacial score (nSPS) is 11.5. The lowest BCUT2D eigenvalue weighted by atomic mass is 10.2. The number of carbonyl (C=O) groups excluding carboxylic acids is 1. The van der Waals surface area contributed by atoms with Gasteiger partial charge in [0, 0.05) is 6.54 Å². The van der Waals surface area contributed by atoms with Crippen molar-refractivity contribution in [2.75, 3.05) is 6.54 Å². The van der Waals surface area contributed by atoms with Gasteiger partial charge in [0.25, 0.3) is 0 Å². The molecule has 0 aliphatic rings. The zero-order valence-corrected chi connectivity index (χ0v) is 9.23. The minimum Gasteiger partial charge on any atom is -0.351 e. The lowest BCUT2D eigenvalue weighted by Crippen LogP contribution is -2.37. The Kier molecular flexibility index (Phi) is 5.03. The smallest absolute Gasteiger partial charge is 0.234 e. The first-order valence-corrected chi connectivity index (χ1v) is 5.16. The molecule has 0 saturated heterocycles. The second-order valence-corrected chi connectivity index (χ2v) is 3.49. The maximum Gasteiger partial charge on any atom is 0.234 e. The van der Waals surface area contributed by atoms with Crippen molar-refractivity contribution in [2.45, 2.75) is 19.5 Å². The standard InChI is InChI=1S/C12H15N3O/c1-10(7-13)14-9-12(16)15-8-11-5-3-2-4-6-11/h2-6,10,14H,8-9H2,1H3,(H,15,16). The molecule has 16 heavy (non-hydrogen) atoms. The number of nitrogens with one attached hydrogen (secondary N) is 2. The van der Waals surface area contributed by atoms with Gasteiger partial charge in [0.1, 0.15) is 0 Å². The topological polar surface area (TPSA) is 64.9 Å². The molecule has 1 aromatic rings. The number of rotatable bonds is 5. The minimum atomic E-state index is -0.303. The van der Waals surface area contributed by atoms with Crippen LogP contribution in [0.2, 0.25) is 0 Å². The zero-order valence-electron chi connectivity index (χ0n) is 9.23. The Hall–Kier alpha value is -1.86. The third-order valence-electron chi connectivity index (χ3n) is 2.09. The van der Waals surface area contributed by atoms with Crippen LogP contribution in [0.15, 0.2) is 30.3 Å². The SMILES string of the molecule is CC(C#N)NCC(=O)NCc1ccccc1. The molecule has 0 aromatic heterocycles. The predicted molar refractivity (Wildman–Crippen MR) is 61.4 cm³/mol. The minimum absolute atomic E-state index is 0.106. The van der Waals surface area contributed by atoms with Crippen molar-refractivity contribution in [1.82, 2.24) is 10.6 Å². The number of nitriles is 1. The molecule has 0 heterocycles. The first-order valence-electron chi connectivity index (χ1n) is 5.16. The van der Waals surface area contributed by atoms with Gasteiger partial charge in [-0.15, -0.1) is 0 Å². The molecular weight excluding hydrogens is 202 g/mol. The predicted octanol–water partition coefficient (Wildman–Crippen LogP) is 0.804. The van der Waals surface area contributed by atoms with Crippen LogP contribution in [0.25, 0.3) is 0 Å². The molecule has 0 radical (unpaired) electrons. The summed E-state index contributed by atoms with van der Waals surface area (Å²) in [7, 11) is 0. The summed E-state index contributed by atoms with van der Waals surface area (Å²) in [5.74, 6) is -0.106. The van der Waals surface area contributed by atoms with Crippen molar-refractivity contribution in [3.8, 4) is 6.07 Å². The van der Waals surface area contributed by atoms with Gasteiger partial charge in [-0.2, -0.15) is 5.26 Å². The fourth-order valence-corrected chi connectivity index (χ4v) is 1.15. The van der Waals surface area contributed by atoms with Gasteiger partial charge >= 0.3 is 0 Å². The first-order chi connectivity index (χ1) is 7.72. The van der Waals surface area contributed by atoms with Gasteiger partial charge < -0.3 is 5.32 Å². The van der Waals surface area contributed by atoms with Crippen molar-refractivity contribution in [3.63, 3.8) is 0 Å². The van der Waals surface area contributed by atoms with Crippen LogP contribution in [-0.4, -0.2) is 18.5 Å². The Labute approximate surface area is 95.3 Å². The number of nitrogens with zero attached hydrogens (tertiary/aromatic N) is 1. The molecule has 2 N–H and O–H groups in total. The summed E-state index contributed by atoms with van der Waals surface area (Å²) in [6.45, 7) is 2.40. The maximum atomic E-state index is 11.4. The van der Waals surface area contributed by atoms with Crippen LogP contribution < -0.4 is 10.6 Å². The van der Waals surface area contributed by atoms with Crippen molar-refractivity contribution >= 4 is 5.91 Å². The highest BCUT2D eigenvalue weighted by Crippen LogP contribution is 1.96. The van der Waals surface area contributed by atoms with E-state index in [0.29, 0.717) is 6.54 Å². The summed E-state index contributed by atoms with van der Waals surface area (Å²) in [4.78, 5) is 11.4. The van der Waals surface area contributed by atoms with Gasteiger partial charge in [0.15, 0.2) is 0 Å². The Bertz CT molecular complexity index is 370. The van der Waals surface area contributed by atoms with E-state index in [0.717, 1.165) is 5.56 Å². The quantitative estimate of drug-likeness (QED) is 0.767. The highest BCUT2D eigenvalue weighted by Gasteiger charge is 2.03. The lowest BCUT2D eigenvalue weighted by molar-refractivity contribution is -0.120. The first kappa shape index (κ1) is 12.2.